The molecule has 1 amide bonds. The van der Waals surface area contributed by atoms with Gasteiger partial charge in [-0.3, -0.25) is 4.79 Å². The van der Waals surface area contributed by atoms with E-state index in [1.165, 1.54) is 0 Å². The van der Waals surface area contributed by atoms with Gasteiger partial charge in [-0.15, -0.1) is 0 Å². The van der Waals surface area contributed by atoms with E-state index >= 15 is 0 Å². The van der Waals surface area contributed by atoms with Crippen LogP contribution in [0.4, 0.5) is 5.69 Å². The van der Waals surface area contributed by atoms with Gasteiger partial charge in [-0.1, -0.05) is 47.5 Å². The van der Waals surface area contributed by atoms with E-state index in [2.05, 4.69) is 15.9 Å². The van der Waals surface area contributed by atoms with E-state index in [1.807, 2.05) is 62.4 Å². The van der Waals surface area contributed by atoms with E-state index in [-0.39, 0.29) is 5.91 Å². The number of amides is 1. The minimum Gasteiger partial charge on any atom is -0.490 e. The SMILES string of the molecule is CCOc1cc(/C=C2\C(=O)N(CC)c3ccccc32)cc(Br)c1OCc1ccc(Cl)c(Cl)c1. The lowest BCUT2D eigenvalue weighted by Gasteiger charge is -2.15. The van der Waals surface area contributed by atoms with Crippen LogP contribution in [0.5, 0.6) is 11.5 Å². The maximum Gasteiger partial charge on any atom is 0.258 e. The molecule has 4 nitrogen and oxygen atoms in total. The molecule has 0 unspecified atom stereocenters. The molecule has 4 rings (SSSR count). The first kappa shape index (κ1) is 23.7. The lowest BCUT2D eigenvalue weighted by molar-refractivity contribution is -0.112. The Bertz CT molecular complexity index is 1240. The molecule has 0 saturated carbocycles. The van der Waals surface area contributed by atoms with Gasteiger partial charge >= 0.3 is 0 Å². The molecule has 0 bridgehead atoms. The fourth-order valence-electron chi connectivity index (χ4n) is 3.79. The molecule has 170 valence electrons. The molecule has 0 radical (unpaired) electrons. The molecule has 0 aromatic heterocycles. The average Bonchev–Trinajstić information content (AvgIpc) is 3.06. The summed E-state index contributed by atoms with van der Waals surface area (Å²) in [6.45, 7) is 5.27. The van der Waals surface area contributed by atoms with Crippen molar-refractivity contribution in [3.05, 3.63) is 85.8 Å². The number of halogens is 3. The van der Waals surface area contributed by atoms with E-state index in [0.717, 1.165) is 26.9 Å². The highest BCUT2D eigenvalue weighted by Crippen LogP contribution is 2.41. The summed E-state index contributed by atoms with van der Waals surface area (Å²) < 4.78 is 12.7. The second kappa shape index (κ2) is 10.2. The number of rotatable bonds is 7. The Hall–Kier alpha value is -2.47. The minimum absolute atomic E-state index is 0.00674. The molecular weight excluding hydrogens is 525 g/mol. The number of para-hydroxylation sites is 1. The summed E-state index contributed by atoms with van der Waals surface area (Å²) in [5, 5.41) is 0.977. The molecule has 1 aliphatic heterocycles. The van der Waals surface area contributed by atoms with Gasteiger partial charge in [-0.25, -0.2) is 0 Å². The summed E-state index contributed by atoms with van der Waals surface area (Å²) in [6.07, 6.45) is 1.90. The van der Waals surface area contributed by atoms with Crippen molar-refractivity contribution in [3.8, 4) is 11.5 Å². The zero-order valence-corrected chi connectivity index (χ0v) is 21.3. The lowest BCUT2D eigenvalue weighted by Crippen LogP contribution is -2.25. The molecule has 0 N–H and O–H groups in total. The van der Waals surface area contributed by atoms with Crippen LogP contribution in [0, 0.1) is 0 Å². The molecule has 3 aromatic rings. The first-order valence-corrected chi connectivity index (χ1v) is 12.1. The Morgan fingerprint density at radius 3 is 2.52 bits per heavy atom. The molecule has 1 heterocycles. The van der Waals surface area contributed by atoms with Gasteiger partial charge in [-0.05, 0) is 77.3 Å². The summed E-state index contributed by atoms with van der Waals surface area (Å²) >= 11 is 15.7. The number of anilines is 1. The highest BCUT2D eigenvalue weighted by atomic mass is 79.9. The lowest BCUT2D eigenvalue weighted by atomic mass is 10.0. The van der Waals surface area contributed by atoms with Gasteiger partial charge in [0.15, 0.2) is 11.5 Å². The normalized spacial score (nSPS) is 14.0. The third kappa shape index (κ3) is 4.91. The summed E-state index contributed by atoms with van der Waals surface area (Å²) in [4.78, 5) is 14.8. The van der Waals surface area contributed by atoms with Crippen LogP contribution in [0.15, 0.2) is 59.1 Å². The number of hydrogen-bond acceptors (Lipinski definition) is 3. The Balaban J connectivity index is 1.67. The quantitative estimate of drug-likeness (QED) is 0.286. The number of carbonyl (C=O) groups is 1. The van der Waals surface area contributed by atoms with Crippen molar-refractivity contribution in [2.24, 2.45) is 0 Å². The summed E-state index contributed by atoms with van der Waals surface area (Å²) in [7, 11) is 0. The molecule has 3 aromatic carbocycles. The van der Waals surface area contributed by atoms with Crippen LogP contribution in [-0.4, -0.2) is 19.1 Å². The fourth-order valence-corrected chi connectivity index (χ4v) is 4.68. The Labute approximate surface area is 211 Å². The third-order valence-corrected chi connectivity index (χ3v) is 6.61. The van der Waals surface area contributed by atoms with Crippen LogP contribution < -0.4 is 14.4 Å². The monoisotopic (exact) mass is 545 g/mol. The summed E-state index contributed by atoms with van der Waals surface area (Å²) in [5.74, 6) is 1.16. The first-order chi connectivity index (χ1) is 15.9. The molecule has 0 fully saturated rings. The molecule has 0 saturated heterocycles. The van der Waals surface area contributed by atoms with Gasteiger partial charge < -0.3 is 14.4 Å². The smallest absolute Gasteiger partial charge is 0.258 e. The van der Waals surface area contributed by atoms with Crippen LogP contribution in [0.2, 0.25) is 10.0 Å². The fraction of sp³-hybridized carbons (Fsp3) is 0.192. The second-order valence-electron chi connectivity index (χ2n) is 7.42. The van der Waals surface area contributed by atoms with Gasteiger partial charge in [0.2, 0.25) is 0 Å². The Kier molecular flexibility index (Phi) is 7.32. The molecule has 0 spiro atoms. The highest BCUT2D eigenvalue weighted by molar-refractivity contribution is 9.10. The topological polar surface area (TPSA) is 38.8 Å². The molecule has 1 aliphatic rings. The van der Waals surface area contributed by atoms with Crippen molar-refractivity contribution in [1.29, 1.82) is 0 Å². The number of fused-ring (bicyclic) bond motifs is 1. The maximum atomic E-state index is 13.0. The van der Waals surface area contributed by atoms with Gasteiger partial charge in [0, 0.05) is 17.7 Å². The van der Waals surface area contributed by atoms with E-state index in [4.69, 9.17) is 32.7 Å². The molecule has 7 heteroatoms. The van der Waals surface area contributed by atoms with Gasteiger partial charge in [-0.2, -0.15) is 0 Å². The van der Waals surface area contributed by atoms with Gasteiger partial charge in [0.25, 0.3) is 5.91 Å². The van der Waals surface area contributed by atoms with Gasteiger partial charge in [0.1, 0.15) is 6.61 Å². The van der Waals surface area contributed by atoms with Crippen LogP contribution in [0.3, 0.4) is 0 Å². The average molecular weight is 547 g/mol. The van der Waals surface area contributed by atoms with Crippen molar-refractivity contribution < 1.29 is 14.3 Å². The van der Waals surface area contributed by atoms with E-state index in [1.54, 1.807) is 17.0 Å². The van der Waals surface area contributed by atoms with Crippen molar-refractivity contribution in [3.63, 3.8) is 0 Å². The molecule has 0 aliphatic carbocycles. The number of likely N-dealkylation sites (N-methyl/N-ethyl adjacent to an activating group) is 1. The number of hydrogen-bond donors (Lipinski definition) is 0. The maximum absolute atomic E-state index is 13.0. The van der Waals surface area contributed by atoms with E-state index in [0.29, 0.717) is 46.9 Å². The van der Waals surface area contributed by atoms with E-state index < -0.39 is 0 Å². The zero-order chi connectivity index (χ0) is 23.5. The summed E-state index contributed by atoms with van der Waals surface area (Å²) in [5.41, 5.74) is 4.24. The van der Waals surface area contributed by atoms with E-state index in [9.17, 15) is 4.79 Å². The molecule has 33 heavy (non-hydrogen) atoms. The van der Waals surface area contributed by atoms with Crippen molar-refractivity contribution in [1.82, 2.24) is 0 Å². The number of benzene rings is 3. The standard InChI is InChI=1S/C26H22BrCl2NO3/c1-3-30-23-8-6-5-7-18(23)19(26(30)31)11-17-12-20(27)25(24(14-17)32-4-2)33-15-16-9-10-21(28)22(29)13-16/h5-14H,3-4,15H2,1-2H3/b19-11-. The van der Waals surface area contributed by atoms with Gasteiger partial charge in [0.05, 0.1) is 26.8 Å². The second-order valence-corrected chi connectivity index (χ2v) is 9.09. The Morgan fingerprint density at radius 1 is 1.00 bits per heavy atom. The van der Waals surface area contributed by atoms with Crippen LogP contribution >= 0.6 is 39.1 Å². The first-order valence-electron chi connectivity index (χ1n) is 10.6. The number of ether oxygens (including phenoxy) is 2. The van der Waals surface area contributed by atoms with Crippen molar-refractivity contribution in [2.75, 3.05) is 18.1 Å². The molecule has 0 atom stereocenters. The van der Waals surface area contributed by atoms with Crippen LogP contribution in [0.25, 0.3) is 11.6 Å². The van der Waals surface area contributed by atoms with Crippen molar-refractivity contribution >= 4 is 62.4 Å². The third-order valence-electron chi connectivity index (χ3n) is 5.29. The number of nitrogens with zero attached hydrogens (tertiary/aromatic N) is 1. The Morgan fingerprint density at radius 2 is 1.79 bits per heavy atom. The zero-order valence-electron chi connectivity index (χ0n) is 18.2. The largest absolute Gasteiger partial charge is 0.490 e. The van der Waals surface area contributed by atoms with Crippen LogP contribution in [0.1, 0.15) is 30.5 Å². The highest BCUT2D eigenvalue weighted by Gasteiger charge is 2.30. The molecular formula is C26H22BrCl2NO3. The van der Waals surface area contributed by atoms with Crippen molar-refractivity contribution in [2.45, 2.75) is 20.5 Å². The predicted octanol–water partition coefficient (Wildman–Crippen LogP) is 7.64. The minimum atomic E-state index is -0.00674. The number of carbonyl (C=O) groups excluding carboxylic acids is 1. The van der Waals surface area contributed by atoms with Crippen LogP contribution in [-0.2, 0) is 11.4 Å². The summed E-state index contributed by atoms with van der Waals surface area (Å²) in [6, 6.07) is 17.0. The predicted molar refractivity (Wildman–Crippen MR) is 138 cm³/mol.